The lowest BCUT2D eigenvalue weighted by Crippen LogP contribution is -2.28. The smallest absolute Gasteiger partial charge is 0.166 e. The molecule has 0 unspecified atom stereocenters. The molecule has 0 aliphatic heterocycles. The molecular formula is C24H25OS+. The van der Waals surface area contributed by atoms with Gasteiger partial charge < -0.3 is 5.11 Å². The Morgan fingerprint density at radius 1 is 0.577 bits per heavy atom. The third kappa shape index (κ3) is 3.58. The highest BCUT2D eigenvalue weighted by Gasteiger charge is 2.33. The van der Waals surface area contributed by atoms with Crippen molar-refractivity contribution in [2.24, 2.45) is 0 Å². The van der Waals surface area contributed by atoms with Gasteiger partial charge in [-0.15, -0.1) is 0 Å². The van der Waals surface area contributed by atoms with E-state index in [-0.39, 0.29) is 10.9 Å². The van der Waals surface area contributed by atoms with Crippen molar-refractivity contribution < 1.29 is 5.11 Å². The van der Waals surface area contributed by atoms with Gasteiger partial charge in [-0.1, -0.05) is 67.8 Å². The normalized spacial score (nSPS) is 16.5. The Labute approximate surface area is 159 Å². The average molecular weight is 362 g/mol. The van der Waals surface area contributed by atoms with Crippen molar-refractivity contribution in [3.63, 3.8) is 0 Å². The molecule has 2 heteroatoms. The summed E-state index contributed by atoms with van der Waals surface area (Å²) in [5.74, 6) is 0. The van der Waals surface area contributed by atoms with E-state index >= 15 is 0 Å². The molecule has 0 radical (unpaired) electrons. The fourth-order valence-corrected chi connectivity index (χ4v) is 5.93. The summed E-state index contributed by atoms with van der Waals surface area (Å²) in [7, 11) is -0.123. The predicted octanol–water partition coefficient (Wildman–Crippen LogP) is 5.93. The summed E-state index contributed by atoms with van der Waals surface area (Å²) in [6.45, 7) is 0. The van der Waals surface area contributed by atoms with Crippen LogP contribution in [0.15, 0.2) is 99.6 Å². The van der Waals surface area contributed by atoms with Crippen molar-refractivity contribution in [2.45, 2.75) is 52.4 Å². The Bertz CT molecular complexity index is 782. The maximum atomic E-state index is 11.0. The maximum Gasteiger partial charge on any atom is 0.166 e. The van der Waals surface area contributed by atoms with Crippen LogP contribution in [-0.2, 0) is 16.5 Å². The molecule has 0 atom stereocenters. The molecule has 0 bridgehead atoms. The Balaban J connectivity index is 1.70. The minimum absolute atomic E-state index is 0.123. The Hall–Kier alpha value is -2.03. The second-order valence-electron chi connectivity index (χ2n) is 7.05. The van der Waals surface area contributed by atoms with E-state index in [9.17, 15) is 5.11 Å². The van der Waals surface area contributed by atoms with Crippen LogP contribution < -0.4 is 0 Å². The minimum atomic E-state index is -0.630. The molecule has 4 rings (SSSR count). The van der Waals surface area contributed by atoms with Crippen molar-refractivity contribution in [3.8, 4) is 0 Å². The fraction of sp³-hybridized carbons (Fsp3) is 0.250. The highest BCUT2D eigenvalue weighted by molar-refractivity contribution is 7.97. The van der Waals surface area contributed by atoms with Gasteiger partial charge in [0, 0.05) is 0 Å². The lowest BCUT2D eigenvalue weighted by molar-refractivity contribution is -0.000669. The zero-order valence-electron chi connectivity index (χ0n) is 15.0. The molecule has 1 fully saturated rings. The number of hydrogen-bond donors (Lipinski definition) is 1. The standard InChI is InChI=1S/C24H25OS/c25-24(18-8-3-9-19-24)20-14-16-23(17-15-20)26(21-10-4-1-5-11-21)22-12-6-2-7-13-22/h1-2,4-7,10-17,25H,3,8-9,18-19H2/q+1. The molecule has 3 aromatic carbocycles. The van der Waals surface area contributed by atoms with E-state index in [1.54, 1.807) is 0 Å². The molecule has 1 N–H and O–H groups in total. The Morgan fingerprint density at radius 2 is 1.04 bits per heavy atom. The highest BCUT2D eigenvalue weighted by atomic mass is 32.2. The van der Waals surface area contributed by atoms with Crippen LogP contribution in [-0.4, -0.2) is 5.11 Å². The first kappa shape index (κ1) is 17.4. The molecule has 3 aromatic rings. The second kappa shape index (κ2) is 7.69. The van der Waals surface area contributed by atoms with Crippen molar-refractivity contribution in [2.75, 3.05) is 0 Å². The van der Waals surface area contributed by atoms with E-state index in [0.29, 0.717) is 0 Å². The zero-order chi connectivity index (χ0) is 17.8. The summed E-state index contributed by atoms with van der Waals surface area (Å²) in [4.78, 5) is 3.94. The second-order valence-corrected chi connectivity index (χ2v) is 9.08. The molecule has 1 nitrogen and oxygen atoms in total. The summed E-state index contributed by atoms with van der Waals surface area (Å²) in [5, 5.41) is 11.0. The monoisotopic (exact) mass is 361 g/mol. The van der Waals surface area contributed by atoms with E-state index in [2.05, 4.69) is 84.9 Å². The molecule has 0 aromatic heterocycles. The summed E-state index contributed by atoms with van der Waals surface area (Å²) in [6, 6.07) is 30.1. The van der Waals surface area contributed by atoms with Crippen LogP contribution in [0.5, 0.6) is 0 Å². The van der Waals surface area contributed by atoms with Crippen molar-refractivity contribution in [3.05, 3.63) is 90.5 Å². The van der Waals surface area contributed by atoms with Crippen LogP contribution in [0.25, 0.3) is 0 Å². The molecule has 1 aliphatic rings. The van der Waals surface area contributed by atoms with Crippen molar-refractivity contribution in [1.29, 1.82) is 0 Å². The van der Waals surface area contributed by atoms with Gasteiger partial charge in [0.1, 0.15) is 0 Å². The Kier molecular flexibility index (Phi) is 5.14. The molecule has 0 heterocycles. The van der Waals surface area contributed by atoms with Crippen LogP contribution in [0.1, 0.15) is 37.7 Å². The largest absolute Gasteiger partial charge is 0.385 e. The summed E-state index contributed by atoms with van der Waals surface area (Å²) < 4.78 is 0. The van der Waals surface area contributed by atoms with E-state index in [1.807, 2.05) is 0 Å². The maximum absolute atomic E-state index is 11.0. The van der Waals surface area contributed by atoms with E-state index < -0.39 is 5.60 Å². The van der Waals surface area contributed by atoms with E-state index in [0.717, 1.165) is 31.2 Å². The first-order chi connectivity index (χ1) is 12.8. The highest BCUT2D eigenvalue weighted by Crippen LogP contribution is 2.38. The molecule has 132 valence electrons. The van der Waals surface area contributed by atoms with Gasteiger partial charge in [0.2, 0.25) is 0 Å². The topological polar surface area (TPSA) is 20.2 Å². The predicted molar refractivity (Wildman–Crippen MR) is 108 cm³/mol. The fourth-order valence-electron chi connectivity index (χ4n) is 3.85. The van der Waals surface area contributed by atoms with E-state index in [4.69, 9.17) is 0 Å². The van der Waals surface area contributed by atoms with Gasteiger partial charge in [-0.25, -0.2) is 0 Å². The quantitative estimate of drug-likeness (QED) is 0.571. The number of hydrogen-bond acceptors (Lipinski definition) is 1. The summed E-state index contributed by atoms with van der Waals surface area (Å²) in [5.41, 5.74) is 0.445. The molecule has 0 saturated heterocycles. The zero-order valence-corrected chi connectivity index (χ0v) is 15.8. The molecule has 1 saturated carbocycles. The number of benzene rings is 3. The molecule has 0 spiro atoms. The third-order valence-electron chi connectivity index (χ3n) is 5.27. The summed E-state index contributed by atoms with van der Waals surface area (Å²) >= 11 is 0. The van der Waals surface area contributed by atoms with Crippen LogP contribution in [0.4, 0.5) is 0 Å². The van der Waals surface area contributed by atoms with Gasteiger partial charge in [-0.2, -0.15) is 0 Å². The first-order valence-electron chi connectivity index (χ1n) is 9.44. The van der Waals surface area contributed by atoms with Gasteiger partial charge in [-0.3, -0.25) is 0 Å². The van der Waals surface area contributed by atoms with Crippen LogP contribution >= 0.6 is 0 Å². The number of aliphatic hydroxyl groups is 1. The van der Waals surface area contributed by atoms with Crippen LogP contribution in [0.2, 0.25) is 0 Å². The van der Waals surface area contributed by atoms with Gasteiger partial charge in [0.05, 0.1) is 16.5 Å². The van der Waals surface area contributed by atoms with Crippen LogP contribution in [0.3, 0.4) is 0 Å². The SMILES string of the molecule is OC1(c2ccc([S+](c3ccccc3)c3ccccc3)cc2)CCCCC1. The van der Waals surface area contributed by atoms with Crippen LogP contribution in [0, 0.1) is 0 Å². The third-order valence-corrected chi connectivity index (χ3v) is 7.50. The first-order valence-corrected chi connectivity index (χ1v) is 10.7. The average Bonchev–Trinajstić information content (AvgIpc) is 2.71. The van der Waals surface area contributed by atoms with Gasteiger partial charge >= 0.3 is 0 Å². The van der Waals surface area contributed by atoms with Crippen molar-refractivity contribution in [1.82, 2.24) is 0 Å². The van der Waals surface area contributed by atoms with E-state index in [1.165, 1.54) is 21.1 Å². The number of rotatable bonds is 4. The lowest BCUT2D eigenvalue weighted by atomic mass is 9.80. The van der Waals surface area contributed by atoms with Crippen molar-refractivity contribution >= 4 is 10.9 Å². The van der Waals surface area contributed by atoms with Gasteiger partial charge in [-0.05, 0) is 54.8 Å². The lowest BCUT2D eigenvalue weighted by Gasteiger charge is -2.32. The Morgan fingerprint density at radius 3 is 1.54 bits per heavy atom. The molecular weight excluding hydrogens is 336 g/mol. The summed E-state index contributed by atoms with van der Waals surface area (Å²) in [6.07, 6.45) is 5.25. The molecule has 26 heavy (non-hydrogen) atoms. The minimum Gasteiger partial charge on any atom is -0.385 e. The van der Waals surface area contributed by atoms with Gasteiger partial charge in [0.15, 0.2) is 14.7 Å². The van der Waals surface area contributed by atoms with Gasteiger partial charge in [0.25, 0.3) is 0 Å². The molecule has 1 aliphatic carbocycles. The molecule has 0 amide bonds.